The van der Waals surface area contributed by atoms with Gasteiger partial charge in [0.15, 0.2) is 0 Å². The Morgan fingerprint density at radius 3 is 1.21 bits per heavy atom. The van der Waals surface area contributed by atoms with E-state index in [0.717, 1.165) is 78.2 Å². The molecule has 14 rings (SSSR count). The van der Waals surface area contributed by atoms with E-state index in [1.54, 1.807) is 0 Å². The van der Waals surface area contributed by atoms with E-state index in [4.69, 9.17) is 9.97 Å². The molecule has 6 heteroatoms. The molecule has 0 amide bonds. The Morgan fingerprint density at radius 1 is 0.339 bits per heavy atom. The minimum atomic E-state index is -0.0589. The summed E-state index contributed by atoms with van der Waals surface area (Å²) in [5, 5.41) is 0. The fourth-order valence-corrected chi connectivity index (χ4v) is 11.4. The van der Waals surface area contributed by atoms with Gasteiger partial charge in [-0.1, -0.05) is 125 Å². The van der Waals surface area contributed by atoms with E-state index in [0.29, 0.717) is 0 Å². The zero-order chi connectivity index (χ0) is 41.2. The lowest BCUT2D eigenvalue weighted by molar-refractivity contribution is 0.660. The van der Waals surface area contributed by atoms with E-state index in [1.165, 1.54) is 44.5 Å². The normalized spacial score (nSPS) is 14.7. The van der Waals surface area contributed by atoms with Crippen molar-refractivity contribution >= 4 is 55.7 Å². The number of hydrogen-bond donors (Lipinski definition) is 0. The molecule has 294 valence electrons. The van der Waals surface area contributed by atoms with Crippen molar-refractivity contribution in [1.29, 1.82) is 0 Å². The van der Waals surface area contributed by atoms with Crippen LogP contribution in [-0.4, -0.2) is 27.9 Å². The maximum Gasteiger partial charge on any atom is 0.220 e. The molecule has 12 aromatic rings. The Hall–Kier alpha value is -7.70. The molecule has 0 N–H and O–H groups in total. The first-order chi connectivity index (χ1) is 30.3. The number of aromatic nitrogens is 6. The summed E-state index contributed by atoms with van der Waals surface area (Å²) in [6, 6.07) is 62.4. The summed E-state index contributed by atoms with van der Waals surface area (Å²) in [7, 11) is 0. The molecule has 8 aromatic carbocycles. The average Bonchev–Trinajstić information content (AvgIpc) is 4.11. The molecule has 4 heterocycles. The van der Waals surface area contributed by atoms with Gasteiger partial charge in [-0.3, -0.25) is 17.9 Å². The minimum Gasteiger partial charge on any atom is -0.278 e. The lowest BCUT2D eigenvalue weighted by Crippen LogP contribution is -2.14. The van der Waals surface area contributed by atoms with Crippen LogP contribution in [0.5, 0.6) is 0 Å². The third-order valence-electron chi connectivity index (χ3n) is 14.4. The lowest BCUT2D eigenvalue weighted by atomic mass is 9.82. The van der Waals surface area contributed by atoms with E-state index in [-0.39, 0.29) is 10.8 Å². The number of fused-ring (bicyclic) bond motifs is 16. The summed E-state index contributed by atoms with van der Waals surface area (Å²) in [6.07, 6.45) is 0. The molecule has 0 fully saturated rings. The molecule has 4 aromatic heterocycles. The molecule has 0 spiro atoms. The second-order valence-corrected chi connectivity index (χ2v) is 18.4. The molecule has 0 radical (unpaired) electrons. The van der Waals surface area contributed by atoms with E-state index in [1.807, 2.05) is 0 Å². The van der Waals surface area contributed by atoms with Crippen LogP contribution in [0.3, 0.4) is 0 Å². The Balaban J connectivity index is 0.978. The number of imidazole rings is 4. The van der Waals surface area contributed by atoms with Crippen molar-refractivity contribution in [3.63, 3.8) is 0 Å². The van der Waals surface area contributed by atoms with Crippen molar-refractivity contribution in [2.24, 2.45) is 0 Å². The van der Waals surface area contributed by atoms with Gasteiger partial charge in [-0.2, -0.15) is 0 Å². The molecular weight excluding hydrogens is 757 g/mol. The molecule has 0 saturated heterocycles. The zero-order valence-electron chi connectivity index (χ0n) is 34.8. The molecule has 6 nitrogen and oxygen atoms in total. The van der Waals surface area contributed by atoms with E-state index < -0.39 is 0 Å². The molecule has 0 aliphatic heterocycles. The fraction of sp³-hybridized carbons (Fsp3) is 0.107. The van der Waals surface area contributed by atoms with Gasteiger partial charge >= 0.3 is 0 Å². The molecule has 2 aliphatic rings. The first kappa shape index (κ1) is 34.1. The second kappa shape index (κ2) is 11.6. The van der Waals surface area contributed by atoms with Gasteiger partial charge in [-0.15, -0.1) is 0 Å². The molecule has 2 aliphatic carbocycles. The highest BCUT2D eigenvalue weighted by Crippen LogP contribution is 2.51. The summed E-state index contributed by atoms with van der Waals surface area (Å²) in [5.74, 6) is 1.81. The average molecular weight is 797 g/mol. The van der Waals surface area contributed by atoms with Crippen LogP contribution in [0, 0.1) is 0 Å². The van der Waals surface area contributed by atoms with Crippen LogP contribution in [0.15, 0.2) is 170 Å². The highest BCUT2D eigenvalue weighted by Gasteiger charge is 2.37. The highest BCUT2D eigenvalue weighted by atomic mass is 15.2. The molecule has 0 atom stereocenters. The summed E-state index contributed by atoms with van der Waals surface area (Å²) in [6.45, 7) is 9.34. The largest absolute Gasteiger partial charge is 0.278 e. The van der Waals surface area contributed by atoms with Crippen molar-refractivity contribution < 1.29 is 0 Å². The van der Waals surface area contributed by atoms with Crippen LogP contribution in [-0.2, 0) is 10.8 Å². The van der Waals surface area contributed by atoms with E-state index in [9.17, 15) is 0 Å². The SMILES string of the molecule is CC1(C)c2ccccc2-c2cc(-n3c4ccc(-c5ccc6c(c5)n5c7ccccc7nc5n6-c5ccc6c(c5)-c5ccccc5C6(C)C)cc4n4c5ccccc5nc34)ccc21. The Morgan fingerprint density at radius 2 is 0.742 bits per heavy atom. The second-order valence-electron chi connectivity index (χ2n) is 18.4. The number of nitrogens with zero attached hydrogens (tertiary/aromatic N) is 6. The van der Waals surface area contributed by atoms with Gasteiger partial charge in [-0.25, -0.2) is 9.97 Å². The maximum absolute atomic E-state index is 5.28. The van der Waals surface area contributed by atoms with Crippen LogP contribution in [0.1, 0.15) is 49.9 Å². The third-order valence-corrected chi connectivity index (χ3v) is 14.4. The Labute approximate surface area is 357 Å². The summed E-state index contributed by atoms with van der Waals surface area (Å²) in [5.41, 5.74) is 23.7. The standard InChI is InChI=1S/C56H40N6/c1-55(2)41-15-7-5-13-37(41)39-31-35(23-25-43(39)55)59-49-27-21-33(29-51(49)61-47-19-11-9-17-45(47)57-53(59)61)34-22-28-50-52(30-34)62-48-20-12-10-18-46(48)58-54(62)60(50)36-24-26-44-40(32-36)38-14-6-8-16-42(38)56(44,3)4/h5-32H,1-4H3. The summed E-state index contributed by atoms with van der Waals surface area (Å²) >= 11 is 0. The van der Waals surface area contributed by atoms with Crippen molar-refractivity contribution in [3.8, 4) is 44.8 Å². The molecular formula is C56H40N6. The minimum absolute atomic E-state index is 0.0589. The van der Waals surface area contributed by atoms with Gasteiger partial charge in [0.05, 0.1) is 44.1 Å². The Kier molecular flexibility index (Phi) is 6.35. The molecule has 0 saturated carbocycles. The number of rotatable bonds is 3. The van der Waals surface area contributed by atoms with Crippen LogP contribution in [0.4, 0.5) is 0 Å². The molecule has 0 bridgehead atoms. The van der Waals surface area contributed by atoms with Gasteiger partial charge < -0.3 is 0 Å². The first-order valence-corrected chi connectivity index (χ1v) is 21.6. The summed E-state index contributed by atoms with van der Waals surface area (Å²) < 4.78 is 9.36. The van der Waals surface area contributed by atoms with Gasteiger partial charge in [0.2, 0.25) is 11.6 Å². The fourth-order valence-electron chi connectivity index (χ4n) is 11.4. The predicted molar refractivity (Wildman–Crippen MR) is 253 cm³/mol. The first-order valence-electron chi connectivity index (χ1n) is 21.6. The number of benzene rings is 8. The lowest BCUT2D eigenvalue weighted by Gasteiger charge is -2.21. The van der Waals surface area contributed by atoms with Gasteiger partial charge in [0.1, 0.15) is 0 Å². The van der Waals surface area contributed by atoms with E-state index >= 15 is 0 Å². The van der Waals surface area contributed by atoms with Gasteiger partial charge in [0.25, 0.3) is 0 Å². The molecule has 62 heavy (non-hydrogen) atoms. The van der Waals surface area contributed by atoms with Crippen molar-refractivity contribution in [1.82, 2.24) is 27.9 Å². The quantitative estimate of drug-likeness (QED) is 0.179. The zero-order valence-corrected chi connectivity index (χ0v) is 34.8. The Bertz CT molecular complexity index is 3680. The monoisotopic (exact) mass is 796 g/mol. The van der Waals surface area contributed by atoms with Crippen LogP contribution < -0.4 is 0 Å². The molecule has 0 unspecified atom stereocenters. The van der Waals surface area contributed by atoms with Crippen molar-refractivity contribution in [2.45, 2.75) is 38.5 Å². The third kappa shape index (κ3) is 4.23. The topological polar surface area (TPSA) is 44.5 Å². The van der Waals surface area contributed by atoms with E-state index in [2.05, 4.69) is 215 Å². The van der Waals surface area contributed by atoms with Gasteiger partial charge in [0, 0.05) is 22.2 Å². The number of para-hydroxylation sites is 4. The predicted octanol–water partition coefficient (Wildman–Crippen LogP) is 13.5. The van der Waals surface area contributed by atoms with Crippen LogP contribution >= 0.6 is 0 Å². The van der Waals surface area contributed by atoms with Crippen LogP contribution in [0.2, 0.25) is 0 Å². The van der Waals surface area contributed by atoms with Crippen LogP contribution in [0.25, 0.3) is 100 Å². The van der Waals surface area contributed by atoms with Crippen molar-refractivity contribution in [3.05, 3.63) is 192 Å². The smallest absolute Gasteiger partial charge is 0.220 e. The van der Waals surface area contributed by atoms with Gasteiger partial charge in [-0.05, 0) is 128 Å². The number of hydrogen-bond acceptors (Lipinski definition) is 2. The van der Waals surface area contributed by atoms with Crippen molar-refractivity contribution in [2.75, 3.05) is 0 Å². The highest BCUT2D eigenvalue weighted by molar-refractivity contribution is 5.98. The summed E-state index contributed by atoms with van der Waals surface area (Å²) in [4.78, 5) is 10.6. The maximum atomic E-state index is 5.28.